The minimum absolute atomic E-state index is 0.0709. The molecule has 1 heterocycles. The molecular formula is C13H18BrNOS. The average Bonchev–Trinajstić information content (AvgIpc) is 2.78. The predicted molar refractivity (Wildman–Crippen MR) is 76.4 cm³/mol. The molecule has 0 amide bonds. The zero-order chi connectivity index (χ0) is 12.3. The first-order chi connectivity index (χ1) is 8.16. The Hall–Kier alpha value is -0.0300. The van der Waals surface area contributed by atoms with Gasteiger partial charge in [0.15, 0.2) is 0 Å². The van der Waals surface area contributed by atoms with Crippen LogP contribution < -0.4 is 5.73 Å². The van der Waals surface area contributed by atoms with Gasteiger partial charge in [-0.05, 0) is 37.5 Å². The Morgan fingerprint density at radius 3 is 3.00 bits per heavy atom. The number of hydrogen-bond acceptors (Lipinski definition) is 3. The molecule has 0 saturated carbocycles. The summed E-state index contributed by atoms with van der Waals surface area (Å²) in [6.45, 7) is 2.93. The van der Waals surface area contributed by atoms with Gasteiger partial charge < -0.3 is 10.5 Å². The van der Waals surface area contributed by atoms with Crippen LogP contribution in [0.3, 0.4) is 0 Å². The van der Waals surface area contributed by atoms with Gasteiger partial charge in [-0.3, -0.25) is 0 Å². The van der Waals surface area contributed by atoms with Crippen molar-refractivity contribution < 1.29 is 4.74 Å². The third-order valence-corrected chi connectivity index (χ3v) is 4.73. The lowest BCUT2D eigenvalue weighted by atomic mass is 10.1. The molecule has 94 valence electrons. The maximum absolute atomic E-state index is 5.88. The Morgan fingerprint density at radius 2 is 2.41 bits per heavy atom. The van der Waals surface area contributed by atoms with E-state index in [1.165, 1.54) is 17.7 Å². The third kappa shape index (κ3) is 3.71. The lowest BCUT2D eigenvalue weighted by molar-refractivity contribution is 0.129. The number of hydrogen-bond donors (Lipinski definition) is 1. The lowest BCUT2D eigenvalue weighted by Crippen LogP contribution is -2.08. The molecule has 0 spiro atoms. The first kappa shape index (κ1) is 13.4. The molecule has 2 N–H and O–H groups in total. The van der Waals surface area contributed by atoms with E-state index >= 15 is 0 Å². The monoisotopic (exact) mass is 315 g/mol. The Balaban J connectivity index is 1.94. The molecule has 2 nitrogen and oxygen atoms in total. The Morgan fingerprint density at radius 1 is 1.59 bits per heavy atom. The van der Waals surface area contributed by atoms with E-state index in [9.17, 15) is 0 Å². The van der Waals surface area contributed by atoms with E-state index in [1.54, 1.807) is 0 Å². The van der Waals surface area contributed by atoms with Gasteiger partial charge in [-0.2, -0.15) is 0 Å². The van der Waals surface area contributed by atoms with E-state index in [2.05, 4.69) is 34.1 Å². The number of thioether (sulfide) groups is 1. The van der Waals surface area contributed by atoms with E-state index in [-0.39, 0.29) is 6.04 Å². The van der Waals surface area contributed by atoms with Gasteiger partial charge in [0.1, 0.15) is 0 Å². The predicted octanol–water partition coefficient (Wildman–Crippen LogP) is 3.74. The van der Waals surface area contributed by atoms with Gasteiger partial charge in [-0.15, -0.1) is 11.8 Å². The van der Waals surface area contributed by atoms with Crippen LogP contribution in [0.15, 0.2) is 27.6 Å². The Kier molecular flexibility index (Phi) is 4.91. The maximum atomic E-state index is 5.88. The smallest absolute Gasteiger partial charge is 0.0669 e. The third-order valence-electron chi connectivity index (χ3n) is 2.92. The SMILES string of the molecule is C[C@@H](N)c1ccc(SCC2CCCO2)cc1Br. The van der Waals surface area contributed by atoms with Crippen molar-refractivity contribution in [3.8, 4) is 0 Å². The van der Waals surface area contributed by atoms with Gasteiger partial charge in [0.2, 0.25) is 0 Å². The molecule has 1 saturated heterocycles. The first-order valence-corrected chi connectivity index (χ1v) is 7.74. The highest BCUT2D eigenvalue weighted by atomic mass is 79.9. The van der Waals surface area contributed by atoms with E-state index in [0.29, 0.717) is 6.10 Å². The minimum Gasteiger partial charge on any atom is -0.377 e. The molecule has 0 bridgehead atoms. The molecule has 1 aliphatic rings. The minimum atomic E-state index is 0.0709. The molecular weight excluding hydrogens is 298 g/mol. The van der Waals surface area contributed by atoms with Gasteiger partial charge in [0, 0.05) is 27.8 Å². The molecule has 1 fully saturated rings. The van der Waals surface area contributed by atoms with Crippen molar-refractivity contribution in [1.29, 1.82) is 0 Å². The van der Waals surface area contributed by atoms with Gasteiger partial charge in [-0.25, -0.2) is 0 Å². The van der Waals surface area contributed by atoms with Gasteiger partial charge in [0.25, 0.3) is 0 Å². The molecule has 1 unspecified atom stereocenters. The normalized spacial score (nSPS) is 21.7. The fourth-order valence-electron chi connectivity index (χ4n) is 1.93. The number of halogens is 1. The van der Waals surface area contributed by atoms with Crippen LogP contribution in [0.1, 0.15) is 31.4 Å². The largest absolute Gasteiger partial charge is 0.377 e. The summed E-state index contributed by atoms with van der Waals surface area (Å²) < 4.78 is 6.72. The van der Waals surface area contributed by atoms with Crippen LogP contribution in [0.5, 0.6) is 0 Å². The summed E-state index contributed by atoms with van der Waals surface area (Å²) in [6.07, 6.45) is 2.84. The molecule has 1 aromatic rings. The standard InChI is InChI=1S/C13H18BrNOS/c1-9(15)12-5-4-11(7-13(12)14)17-8-10-3-2-6-16-10/h4-5,7,9-10H,2-3,6,8,15H2,1H3/t9-,10?/m1/s1. The molecule has 1 aromatic carbocycles. The molecule has 2 rings (SSSR count). The number of rotatable bonds is 4. The molecule has 0 aromatic heterocycles. The topological polar surface area (TPSA) is 35.2 Å². The van der Waals surface area contributed by atoms with Crippen molar-refractivity contribution >= 4 is 27.7 Å². The van der Waals surface area contributed by atoms with E-state index in [4.69, 9.17) is 10.5 Å². The molecule has 0 aliphatic carbocycles. The second-order valence-electron chi connectivity index (χ2n) is 4.42. The van der Waals surface area contributed by atoms with Crippen LogP contribution in [0.2, 0.25) is 0 Å². The highest BCUT2D eigenvalue weighted by Crippen LogP contribution is 2.29. The van der Waals surface area contributed by atoms with Crippen LogP contribution in [0.4, 0.5) is 0 Å². The van der Waals surface area contributed by atoms with Crippen LogP contribution in [-0.4, -0.2) is 18.5 Å². The number of ether oxygens (including phenoxy) is 1. The van der Waals surface area contributed by atoms with Crippen LogP contribution in [-0.2, 0) is 4.74 Å². The van der Waals surface area contributed by atoms with E-state index in [1.807, 2.05) is 18.7 Å². The summed E-state index contributed by atoms with van der Waals surface area (Å²) in [5.74, 6) is 1.05. The van der Waals surface area contributed by atoms with E-state index in [0.717, 1.165) is 22.4 Å². The second kappa shape index (κ2) is 6.23. The molecule has 0 radical (unpaired) electrons. The quantitative estimate of drug-likeness (QED) is 0.860. The molecule has 2 atom stereocenters. The average molecular weight is 316 g/mol. The summed E-state index contributed by atoms with van der Waals surface area (Å²) in [4.78, 5) is 1.27. The second-order valence-corrected chi connectivity index (χ2v) is 6.37. The molecule has 17 heavy (non-hydrogen) atoms. The zero-order valence-corrected chi connectivity index (χ0v) is 12.4. The molecule has 1 aliphatic heterocycles. The van der Waals surface area contributed by atoms with Crippen molar-refractivity contribution in [2.24, 2.45) is 5.73 Å². The van der Waals surface area contributed by atoms with Crippen molar-refractivity contribution in [3.63, 3.8) is 0 Å². The van der Waals surface area contributed by atoms with Crippen LogP contribution >= 0.6 is 27.7 Å². The molecule has 4 heteroatoms. The summed E-state index contributed by atoms with van der Waals surface area (Å²) in [7, 11) is 0. The van der Waals surface area contributed by atoms with Gasteiger partial charge in [0.05, 0.1) is 6.10 Å². The van der Waals surface area contributed by atoms with Crippen molar-refractivity contribution in [2.45, 2.75) is 36.8 Å². The fourth-order valence-corrected chi connectivity index (χ4v) is 3.83. The van der Waals surface area contributed by atoms with Crippen LogP contribution in [0, 0.1) is 0 Å². The summed E-state index contributed by atoms with van der Waals surface area (Å²) in [5, 5.41) is 0. The maximum Gasteiger partial charge on any atom is 0.0669 e. The van der Waals surface area contributed by atoms with E-state index < -0.39 is 0 Å². The highest BCUT2D eigenvalue weighted by Gasteiger charge is 2.15. The fraction of sp³-hybridized carbons (Fsp3) is 0.538. The highest BCUT2D eigenvalue weighted by molar-refractivity contribution is 9.10. The van der Waals surface area contributed by atoms with Crippen molar-refractivity contribution in [2.75, 3.05) is 12.4 Å². The Bertz CT molecular complexity index is 378. The van der Waals surface area contributed by atoms with Crippen molar-refractivity contribution in [1.82, 2.24) is 0 Å². The summed E-state index contributed by atoms with van der Waals surface area (Å²) >= 11 is 5.43. The number of nitrogens with two attached hydrogens (primary N) is 1. The van der Waals surface area contributed by atoms with Gasteiger partial charge >= 0.3 is 0 Å². The van der Waals surface area contributed by atoms with Gasteiger partial charge in [-0.1, -0.05) is 22.0 Å². The number of benzene rings is 1. The summed E-state index contributed by atoms with van der Waals surface area (Å²) in [6, 6.07) is 6.47. The summed E-state index contributed by atoms with van der Waals surface area (Å²) in [5.41, 5.74) is 7.04. The van der Waals surface area contributed by atoms with Crippen molar-refractivity contribution in [3.05, 3.63) is 28.2 Å². The first-order valence-electron chi connectivity index (χ1n) is 5.96. The van der Waals surface area contributed by atoms with Crippen LogP contribution in [0.25, 0.3) is 0 Å². The zero-order valence-electron chi connectivity index (χ0n) is 9.99. The Labute approximate surface area is 115 Å². The lowest BCUT2D eigenvalue weighted by Gasteiger charge is -2.12.